The lowest BCUT2D eigenvalue weighted by Gasteiger charge is -2.11. The molecule has 0 amide bonds. The van der Waals surface area contributed by atoms with Crippen LogP contribution in [0.5, 0.6) is 0 Å². The van der Waals surface area contributed by atoms with Gasteiger partial charge >= 0.3 is 0 Å². The molecule has 2 rings (SSSR count). The van der Waals surface area contributed by atoms with E-state index in [4.69, 9.17) is 0 Å². The molecule has 14 heavy (non-hydrogen) atoms. The highest BCUT2D eigenvalue weighted by Gasteiger charge is 2.15. The average Bonchev–Trinajstić information content (AvgIpc) is 2.71. The first kappa shape index (κ1) is 9.69. The Bertz CT molecular complexity index is 292. The molecule has 1 aliphatic heterocycles. The predicted molar refractivity (Wildman–Crippen MR) is 57.0 cm³/mol. The maximum absolute atomic E-state index is 9.18. The van der Waals surface area contributed by atoms with Crippen molar-refractivity contribution in [2.45, 2.75) is 19.4 Å². The van der Waals surface area contributed by atoms with E-state index in [0.29, 0.717) is 0 Å². The summed E-state index contributed by atoms with van der Waals surface area (Å²) in [6.45, 7) is 2.43. The van der Waals surface area contributed by atoms with Crippen LogP contribution in [0.3, 0.4) is 0 Å². The van der Waals surface area contributed by atoms with Crippen molar-refractivity contribution in [3.63, 3.8) is 0 Å². The molecule has 0 radical (unpaired) electrons. The topological polar surface area (TPSA) is 32.3 Å². The summed E-state index contributed by atoms with van der Waals surface area (Å²) in [6.07, 6.45) is 2.36. The molecule has 2 nitrogen and oxygen atoms in total. The lowest BCUT2D eigenvalue weighted by Crippen LogP contribution is -2.11. The van der Waals surface area contributed by atoms with E-state index in [1.165, 1.54) is 12.0 Å². The summed E-state index contributed by atoms with van der Waals surface area (Å²) < 4.78 is 0. The van der Waals surface area contributed by atoms with E-state index in [0.717, 1.165) is 31.0 Å². The first-order valence-corrected chi connectivity index (χ1v) is 5.28. The van der Waals surface area contributed by atoms with Gasteiger partial charge in [-0.15, -0.1) is 0 Å². The number of rotatable bonds is 3. The fourth-order valence-corrected chi connectivity index (χ4v) is 2.11. The Morgan fingerprint density at radius 1 is 1.29 bits per heavy atom. The molecular formula is C12H17NO. The molecule has 1 heterocycles. The van der Waals surface area contributed by atoms with E-state index in [2.05, 4.69) is 17.4 Å². The number of nitrogens with one attached hydrogen (secondary N) is 1. The van der Waals surface area contributed by atoms with Gasteiger partial charge in [-0.05, 0) is 43.0 Å². The molecular weight excluding hydrogens is 174 g/mol. The molecule has 0 aromatic heterocycles. The summed E-state index contributed by atoms with van der Waals surface area (Å²) >= 11 is 0. The third-order valence-corrected chi connectivity index (χ3v) is 2.96. The minimum atomic E-state index is 0.163. The second kappa shape index (κ2) is 4.58. The zero-order chi connectivity index (χ0) is 9.80. The summed E-state index contributed by atoms with van der Waals surface area (Å²) in [5.74, 6) is 0.752. The Hall–Kier alpha value is -0.860. The molecule has 1 unspecified atom stereocenters. The molecule has 1 aromatic rings. The van der Waals surface area contributed by atoms with Gasteiger partial charge in [0, 0.05) is 0 Å². The van der Waals surface area contributed by atoms with E-state index < -0.39 is 0 Å². The third-order valence-electron chi connectivity index (χ3n) is 2.96. The molecule has 1 saturated heterocycles. The average molecular weight is 191 g/mol. The van der Waals surface area contributed by atoms with Crippen LogP contribution >= 0.6 is 0 Å². The second-order valence-corrected chi connectivity index (χ2v) is 3.99. The van der Waals surface area contributed by atoms with Gasteiger partial charge in [0.2, 0.25) is 0 Å². The minimum absolute atomic E-state index is 0.163. The summed E-state index contributed by atoms with van der Waals surface area (Å²) in [5.41, 5.74) is 2.39. The largest absolute Gasteiger partial charge is 0.392 e. The Kier molecular flexibility index (Phi) is 3.17. The lowest BCUT2D eigenvalue weighted by atomic mass is 9.95. The zero-order valence-electron chi connectivity index (χ0n) is 8.37. The smallest absolute Gasteiger partial charge is 0.0684 e. The monoisotopic (exact) mass is 191 g/mol. The molecule has 2 N–H and O–H groups in total. The van der Waals surface area contributed by atoms with E-state index in [1.54, 1.807) is 0 Å². The SMILES string of the molecule is OCc1ccccc1CC1CCNC1. The number of hydrogen-bond acceptors (Lipinski definition) is 2. The Balaban J connectivity index is 2.07. The highest BCUT2D eigenvalue weighted by Crippen LogP contribution is 2.18. The van der Waals surface area contributed by atoms with Gasteiger partial charge in [-0.1, -0.05) is 24.3 Å². The van der Waals surface area contributed by atoms with Gasteiger partial charge in [-0.2, -0.15) is 0 Å². The molecule has 0 saturated carbocycles. The zero-order valence-corrected chi connectivity index (χ0v) is 8.37. The van der Waals surface area contributed by atoms with E-state index in [1.807, 2.05) is 12.1 Å². The first-order chi connectivity index (χ1) is 6.90. The Morgan fingerprint density at radius 3 is 2.71 bits per heavy atom. The highest BCUT2D eigenvalue weighted by atomic mass is 16.3. The van der Waals surface area contributed by atoms with Crippen LogP contribution in [-0.2, 0) is 13.0 Å². The molecule has 0 spiro atoms. The lowest BCUT2D eigenvalue weighted by molar-refractivity contribution is 0.280. The van der Waals surface area contributed by atoms with E-state index in [9.17, 15) is 5.11 Å². The van der Waals surface area contributed by atoms with Gasteiger partial charge in [-0.25, -0.2) is 0 Å². The van der Waals surface area contributed by atoms with Crippen LogP contribution in [0.4, 0.5) is 0 Å². The van der Waals surface area contributed by atoms with Crippen LogP contribution in [-0.4, -0.2) is 18.2 Å². The normalized spacial score (nSPS) is 21.4. The van der Waals surface area contributed by atoms with Crippen molar-refractivity contribution in [1.29, 1.82) is 0 Å². The summed E-state index contributed by atoms with van der Waals surface area (Å²) in [5, 5.41) is 12.5. The fourth-order valence-electron chi connectivity index (χ4n) is 2.11. The molecule has 76 valence electrons. The molecule has 1 aliphatic rings. The molecule has 0 bridgehead atoms. The Morgan fingerprint density at radius 2 is 2.07 bits per heavy atom. The van der Waals surface area contributed by atoms with Gasteiger partial charge in [0.05, 0.1) is 6.61 Å². The fraction of sp³-hybridized carbons (Fsp3) is 0.500. The van der Waals surface area contributed by atoms with Gasteiger partial charge in [-0.3, -0.25) is 0 Å². The van der Waals surface area contributed by atoms with Crippen LogP contribution in [0.1, 0.15) is 17.5 Å². The summed E-state index contributed by atoms with van der Waals surface area (Å²) in [7, 11) is 0. The number of benzene rings is 1. The molecule has 1 fully saturated rings. The van der Waals surface area contributed by atoms with Crippen molar-refractivity contribution < 1.29 is 5.11 Å². The van der Waals surface area contributed by atoms with Crippen LogP contribution in [0.2, 0.25) is 0 Å². The second-order valence-electron chi connectivity index (χ2n) is 3.99. The number of aliphatic hydroxyl groups is 1. The molecule has 0 aliphatic carbocycles. The van der Waals surface area contributed by atoms with Crippen molar-refractivity contribution in [2.24, 2.45) is 5.92 Å². The summed E-state index contributed by atoms with van der Waals surface area (Å²) in [4.78, 5) is 0. The summed E-state index contributed by atoms with van der Waals surface area (Å²) in [6, 6.07) is 8.18. The third kappa shape index (κ3) is 2.14. The van der Waals surface area contributed by atoms with Gasteiger partial charge < -0.3 is 10.4 Å². The highest BCUT2D eigenvalue weighted by molar-refractivity contribution is 5.27. The molecule has 1 atom stereocenters. The van der Waals surface area contributed by atoms with Crippen LogP contribution in [0.25, 0.3) is 0 Å². The van der Waals surface area contributed by atoms with Crippen molar-refractivity contribution >= 4 is 0 Å². The van der Waals surface area contributed by atoms with Crippen molar-refractivity contribution in [3.05, 3.63) is 35.4 Å². The quantitative estimate of drug-likeness (QED) is 0.755. The standard InChI is InChI=1S/C12H17NO/c14-9-12-4-2-1-3-11(12)7-10-5-6-13-8-10/h1-4,10,13-14H,5-9H2. The van der Waals surface area contributed by atoms with Crippen LogP contribution in [0.15, 0.2) is 24.3 Å². The molecule has 2 heteroatoms. The van der Waals surface area contributed by atoms with Crippen LogP contribution in [0, 0.1) is 5.92 Å². The number of aliphatic hydroxyl groups excluding tert-OH is 1. The van der Waals surface area contributed by atoms with Crippen molar-refractivity contribution in [2.75, 3.05) is 13.1 Å². The number of hydrogen-bond donors (Lipinski definition) is 2. The maximum atomic E-state index is 9.18. The van der Waals surface area contributed by atoms with Gasteiger partial charge in [0.15, 0.2) is 0 Å². The predicted octanol–water partition coefficient (Wildman–Crippen LogP) is 1.33. The van der Waals surface area contributed by atoms with Gasteiger partial charge in [0.25, 0.3) is 0 Å². The first-order valence-electron chi connectivity index (χ1n) is 5.28. The maximum Gasteiger partial charge on any atom is 0.0684 e. The van der Waals surface area contributed by atoms with Crippen molar-refractivity contribution in [1.82, 2.24) is 5.32 Å². The molecule has 1 aromatic carbocycles. The van der Waals surface area contributed by atoms with E-state index >= 15 is 0 Å². The van der Waals surface area contributed by atoms with Gasteiger partial charge in [0.1, 0.15) is 0 Å². The van der Waals surface area contributed by atoms with Crippen LogP contribution < -0.4 is 5.32 Å². The van der Waals surface area contributed by atoms with E-state index in [-0.39, 0.29) is 6.61 Å². The van der Waals surface area contributed by atoms with Crippen molar-refractivity contribution in [3.8, 4) is 0 Å². The Labute approximate surface area is 85.0 Å². The minimum Gasteiger partial charge on any atom is -0.392 e.